The van der Waals surface area contributed by atoms with Crippen LogP contribution in [0.15, 0.2) is 54.7 Å². The maximum absolute atomic E-state index is 11.9. The Morgan fingerprint density at radius 1 is 1.10 bits per heavy atom. The van der Waals surface area contributed by atoms with Gasteiger partial charge >= 0.3 is 5.97 Å². The first-order valence-electron chi connectivity index (χ1n) is 9.60. The number of ether oxygens (including phenoxy) is 1. The van der Waals surface area contributed by atoms with E-state index in [-0.39, 0.29) is 5.97 Å². The molecule has 0 bridgehead atoms. The summed E-state index contributed by atoms with van der Waals surface area (Å²) in [6.07, 6.45) is 1.15. The number of hydrogen-bond donors (Lipinski definition) is 0. The average Bonchev–Trinajstić information content (AvgIpc) is 3.05. The summed E-state index contributed by atoms with van der Waals surface area (Å²) in [5, 5.41) is 1.66. The summed E-state index contributed by atoms with van der Waals surface area (Å²) in [4.78, 5) is 21.3. The average molecular weight is 408 g/mol. The Balaban J connectivity index is 1.99. The lowest BCUT2D eigenvalue weighted by molar-refractivity contribution is -0.145. The van der Waals surface area contributed by atoms with Crippen LogP contribution in [0.1, 0.15) is 38.3 Å². The molecule has 4 rings (SSSR count). The highest BCUT2D eigenvalue weighted by atomic mass is 35.5. The van der Waals surface area contributed by atoms with E-state index in [4.69, 9.17) is 21.3 Å². The summed E-state index contributed by atoms with van der Waals surface area (Å²) < 4.78 is 7.90. The highest BCUT2D eigenvalue weighted by Crippen LogP contribution is 2.33. The third kappa shape index (κ3) is 3.83. The molecule has 0 N–H and O–H groups in total. The van der Waals surface area contributed by atoms with Crippen molar-refractivity contribution in [3.63, 3.8) is 0 Å². The van der Waals surface area contributed by atoms with E-state index in [0.29, 0.717) is 16.8 Å². The zero-order valence-corrected chi connectivity index (χ0v) is 17.3. The predicted molar refractivity (Wildman–Crippen MR) is 115 cm³/mol. The summed E-state index contributed by atoms with van der Waals surface area (Å²) >= 11 is 6.06. The number of nitrogens with zero attached hydrogens (tertiary/aromatic N) is 3. The van der Waals surface area contributed by atoms with Crippen molar-refractivity contribution in [2.24, 2.45) is 5.92 Å². The van der Waals surface area contributed by atoms with Crippen LogP contribution in [0.3, 0.4) is 0 Å². The van der Waals surface area contributed by atoms with E-state index in [0.717, 1.165) is 34.0 Å². The summed E-state index contributed by atoms with van der Waals surface area (Å²) in [5.41, 5.74) is 3.52. The summed E-state index contributed by atoms with van der Waals surface area (Å²) in [7, 11) is 0. The molecule has 0 saturated heterocycles. The number of hydrogen-bond acceptors (Lipinski definition) is 4. The molecular weight excluding hydrogens is 386 g/mol. The van der Waals surface area contributed by atoms with Crippen LogP contribution in [0, 0.1) is 5.92 Å². The van der Waals surface area contributed by atoms with E-state index in [2.05, 4.69) is 29.5 Å². The third-order valence-electron chi connectivity index (χ3n) is 4.75. The molecule has 0 aliphatic carbocycles. The van der Waals surface area contributed by atoms with Crippen molar-refractivity contribution < 1.29 is 9.53 Å². The van der Waals surface area contributed by atoms with Gasteiger partial charge in [0.1, 0.15) is 5.52 Å². The number of rotatable bonds is 5. The Hall–Kier alpha value is -2.92. The Labute approximate surface area is 174 Å². The lowest BCUT2D eigenvalue weighted by Crippen LogP contribution is -2.17. The van der Waals surface area contributed by atoms with Crippen LogP contribution in [0.4, 0.5) is 0 Å². The first-order valence-corrected chi connectivity index (χ1v) is 9.98. The van der Waals surface area contributed by atoms with E-state index >= 15 is 0 Å². The van der Waals surface area contributed by atoms with Gasteiger partial charge in [0.15, 0.2) is 11.9 Å². The molecule has 0 saturated carbocycles. The quantitative estimate of drug-likeness (QED) is 0.407. The van der Waals surface area contributed by atoms with Crippen molar-refractivity contribution in [2.45, 2.75) is 33.4 Å². The van der Waals surface area contributed by atoms with Crippen molar-refractivity contribution in [3.8, 4) is 0 Å². The molecule has 2 heterocycles. The van der Waals surface area contributed by atoms with Gasteiger partial charge in [-0.15, -0.1) is 0 Å². The number of fused-ring (bicyclic) bond motifs is 3. The van der Waals surface area contributed by atoms with Gasteiger partial charge in [-0.1, -0.05) is 55.8 Å². The monoisotopic (exact) mass is 407 g/mol. The molecule has 4 aromatic rings. The topological polar surface area (TPSA) is 57.0 Å². The molecule has 0 aliphatic rings. The SMILES string of the molecule is CC(=O)OC(c1ccc(Cl)cc1)c1nc2cnc3ccccc3c2n1CC(C)C. The van der Waals surface area contributed by atoms with Gasteiger partial charge in [0.25, 0.3) is 0 Å². The molecular formula is C23H22ClN3O2. The summed E-state index contributed by atoms with van der Waals surface area (Å²) in [6, 6.07) is 15.3. The Kier molecular flexibility index (Phi) is 5.24. The van der Waals surface area contributed by atoms with Crippen LogP contribution in [0.2, 0.25) is 5.02 Å². The lowest BCUT2D eigenvalue weighted by Gasteiger charge is -2.20. The van der Waals surface area contributed by atoms with Crippen molar-refractivity contribution >= 4 is 39.5 Å². The van der Waals surface area contributed by atoms with Crippen LogP contribution in [0.25, 0.3) is 21.9 Å². The second-order valence-corrected chi connectivity index (χ2v) is 7.96. The Bertz CT molecular complexity index is 1180. The van der Waals surface area contributed by atoms with Gasteiger partial charge in [-0.2, -0.15) is 0 Å². The van der Waals surface area contributed by atoms with Gasteiger partial charge in [0.2, 0.25) is 0 Å². The van der Waals surface area contributed by atoms with Crippen molar-refractivity contribution in [2.75, 3.05) is 0 Å². The van der Waals surface area contributed by atoms with Gasteiger partial charge in [-0.05, 0) is 24.1 Å². The highest BCUT2D eigenvalue weighted by molar-refractivity contribution is 6.30. The van der Waals surface area contributed by atoms with Gasteiger partial charge in [0, 0.05) is 29.4 Å². The second-order valence-electron chi connectivity index (χ2n) is 7.52. The lowest BCUT2D eigenvalue weighted by atomic mass is 10.1. The normalized spacial score (nSPS) is 12.6. The smallest absolute Gasteiger partial charge is 0.303 e. The molecule has 6 heteroatoms. The zero-order chi connectivity index (χ0) is 20.5. The Morgan fingerprint density at radius 2 is 1.83 bits per heavy atom. The largest absolute Gasteiger partial charge is 0.449 e. The molecule has 0 aliphatic heterocycles. The van der Waals surface area contributed by atoms with E-state index in [1.165, 1.54) is 6.92 Å². The molecule has 1 unspecified atom stereocenters. The minimum absolute atomic E-state index is 0.365. The van der Waals surface area contributed by atoms with E-state index in [1.807, 2.05) is 30.3 Å². The first kappa shape index (κ1) is 19.4. The van der Waals surface area contributed by atoms with Crippen LogP contribution in [-0.4, -0.2) is 20.5 Å². The number of para-hydroxylation sites is 1. The molecule has 0 fully saturated rings. The van der Waals surface area contributed by atoms with Crippen molar-refractivity contribution in [1.82, 2.24) is 14.5 Å². The fraction of sp³-hybridized carbons (Fsp3) is 0.261. The van der Waals surface area contributed by atoms with Gasteiger partial charge in [-0.3, -0.25) is 9.78 Å². The molecule has 2 aromatic heterocycles. The standard InChI is InChI=1S/C23H22ClN3O2/c1-14(2)13-27-21-18-6-4-5-7-19(18)25-12-20(21)26-23(27)22(29-15(3)28)16-8-10-17(24)11-9-16/h4-12,14,22H,13H2,1-3H3. The van der Waals surface area contributed by atoms with E-state index < -0.39 is 6.10 Å². The summed E-state index contributed by atoms with van der Waals surface area (Å²) in [5.74, 6) is 0.696. The molecule has 29 heavy (non-hydrogen) atoms. The summed E-state index contributed by atoms with van der Waals surface area (Å²) in [6.45, 7) is 6.46. The number of imidazole rings is 1. The number of halogens is 1. The molecule has 2 aromatic carbocycles. The zero-order valence-electron chi connectivity index (χ0n) is 16.6. The predicted octanol–water partition coefficient (Wildman–Crippen LogP) is 5.55. The maximum atomic E-state index is 11.9. The van der Waals surface area contributed by atoms with Gasteiger partial charge in [-0.25, -0.2) is 4.98 Å². The van der Waals surface area contributed by atoms with Crippen molar-refractivity contribution in [3.05, 3.63) is 71.1 Å². The molecule has 1 atom stereocenters. The molecule has 0 radical (unpaired) electrons. The number of aromatic nitrogens is 3. The van der Waals surface area contributed by atoms with E-state index in [1.54, 1.807) is 18.3 Å². The first-order chi connectivity index (χ1) is 13.9. The van der Waals surface area contributed by atoms with E-state index in [9.17, 15) is 4.79 Å². The second kappa shape index (κ2) is 7.84. The number of carbonyl (C=O) groups is 1. The van der Waals surface area contributed by atoms with Crippen LogP contribution < -0.4 is 0 Å². The molecule has 0 amide bonds. The molecule has 0 spiro atoms. The maximum Gasteiger partial charge on any atom is 0.303 e. The fourth-order valence-electron chi connectivity index (χ4n) is 3.60. The van der Waals surface area contributed by atoms with Gasteiger partial charge in [0.05, 0.1) is 17.2 Å². The Morgan fingerprint density at radius 3 is 2.52 bits per heavy atom. The number of carbonyl (C=O) groups excluding carboxylic acids is 1. The van der Waals surface area contributed by atoms with Crippen LogP contribution in [-0.2, 0) is 16.1 Å². The number of benzene rings is 2. The van der Waals surface area contributed by atoms with Crippen LogP contribution >= 0.6 is 11.6 Å². The van der Waals surface area contributed by atoms with Crippen LogP contribution in [0.5, 0.6) is 0 Å². The minimum Gasteiger partial charge on any atom is -0.449 e. The molecule has 148 valence electrons. The number of pyridine rings is 1. The fourth-order valence-corrected chi connectivity index (χ4v) is 3.73. The number of esters is 1. The molecule has 5 nitrogen and oxygen atoms in total. The highest BCUT2D eigenvalue weighted by Gasteiger charge is 2.26. The van der Waals surface area contributed by atoms with Crippen molar-refractivity contribution in [1.29, 1.82) is 0 Å². The third-order valence-corrected chi connectivity index (χ3v) is 5.00. The minimum atomic E-state index is -0.630. The van der Waals surface area contributed by atoms with Gasteiger partial charge < -0.3 is 9.30 Å².